The fraction of sp³-hybridized carbons (Fsp3) is 0.125. The fourth-order valence-electron chi connectivity index (χ4n) is 2.45. The van der Waals surface area contributed by atoms with Crippen LogP contribution in [0.3, 0.4) is 0 Å². The van der Waals surface area contributed by atoms with Gasteiger partial charge in [-0.2, -0.15) is 0 Å². The number of benzene rings is 2. The molecule has 0 saturated carbocycles. The van der Waals surface area contributed by atoms with Gasteiger partial charge in [0.05, 0.1) is 16.6 Å². The van der Waals surface area contributed by atoms with E-state index in [0.717, 1.165) is 22.4 Å². The summed E-state index contributed by atoms with van der Waals surface area (Å²) in [4.78, 5) is 16.1. The van der Waals surface area contributed by atoms with E-state index in [4.69, 9.17) is 0 Å². The maximum Gasteiger partial charge on any atom is 0.337 e. The second-order valence-corrected chi connectivity index (χ2v) is 5.59. The molecular weight excluding hydrogens is 332 g/mol. The minimum atomic E-state index is -0.943. The van der Waals surface area contributed by atoms with Crippen molar-refractivity contribution in [3.63, 3.8) is 0 Å². The third-order valence-electron chi connectivity index (χ3n) is 3.38. The van der Waals surface area contributed by atoms with Crippen molar-refractivity contribution in [1.29, 1.82) is 0 Å². The predicted octanol–water partition coefficient (Wildman–Crippen LogP) is 4.05. The van der Waals surface area contributed by atoms with Crippen LogP contribution in [0.5, 0.6) is 0 Å². The van der Waals surface area contributed by atoms with Crippen molar-refractivity contribution >= 4 is 32.9 Å². The maximum atomic E-state index is 11.5. The van der Waals surface area contributed by atoms with Gasteiger partial charge < -0.3 is 5.11 Å². The monoisotopic (exact) mass is 344 g/mol. The molecule has 3 rings (SSSR count). The number of fused-ring (bicyclic) bond motifs is 1. The van der Waals surface area contributed by atoms with E-state index in [9.17, 15) is 9.90 Å². The van der Waals surface area contributed by atoms with Crippen LogP contribution in [0.1, 0.15) is 23.1 Å². The molecule has 0 saturated heterocycles. The molecule has 0 fully saturated rings. The number of carboxylic acid groups (broad SMARTS) is 1. The number of imidazole rings is 1. The summed E-state index contributed by atoms with van der Waals surface area (Å²) >= 11 is 3.41. The van der Waals surface area contributed by atoms with Gasteiger partial charge >= 0.3 is 5.97 Å². The van der Waals surface area contributed by atoms with E-state index in [1.54, 1.807) is 12.1 Å². The lowest BCUT2D eigenvalue weighted by Crippen LogP contribution is -2.04. The highest BCUT2D eigenvalue weighted by atomic mass is 79.9. The average molecular weight is 345 g/mol. The van der Waals surface area contributed by atoms with Crippen molar-refractivity contribution < 1.29 is 9.90 Å². The molecule has 0 aliphatic heterocycles. The van der Waals surface area contributed by atoms with Crippen LogP contribution >= 0.6 is 15.9 Å². The molecule has 3 aromatic rings. The van der Waals surface area contributed by atoms with Gasteiger partial charge in [-0.1, -0.05) is 28.9 Å². The topological polar surface area (TPSA) is 55.1 Å². The average Bonchev–Trinajstić information content (AvgIpc) is 2.86. The van der Waals surface area contributed by atoms with Crippen molar-refractivity contribution in [3.05, 3.63) is 58.3 Å². The molecule has 21 heavy (non-hydrogen) atoms. The number of carboxylic acids is 1. The first kappa shape index (κ1) is 13.8. The molecule has 0 aliphatic rings. The first-order valence-electron chi connectivity index (χ1n) is 6.61. The number of aryl methyl sites for hydroxylation is 1. The van der Waals surface area contributed by atoms with Crippen LogP contribution in [-0.2, 0) is 6.42 Å². The Morgan fingerprint density at radius 3 is 2.57 bits per heavy atom. The highest BCUT2D eigenvalue weighted by Gasteiger charge is 2.17. The Bertz CT molecular complexity index is 822. The second-order valence-electron chi connectivity index (χ2n) is 4.67. The van der Waals surface area contributed by atoms with E-state index in [0.29, 0.717) is 11.0 Å². The van der Waals surface area contributed by atoms with Crippen LogP contribution in [-0.4, -0.2) is 20.6 Å². The minimum absolute atomic E-state index is 0.266. The lowest BCUT2D eigenvalue weighted by molar-refractivity contribution is 0.0698. The zero-order valence-electron chi connectivity index (χ0n) is 11.4. The largest absolute Gasteiger partial charge is 0.478 e. The van der Waals surface area contributed by atoms with Gasteiger partial charge in [-0.05, 0) is 36.4 Å². The molecule has 2 aromatic carbocycles. The van der Waals surface area contributed by atoms with Gasteiger partial charge in [-0.3, -0.25) is 4.57 Å². The van der Waals surface area contributed by atoms with Gasteiger partial charge in [-0.25, -0.2) is 9.78 Å². The molecule has 0 amide bonds. The Hall–Kier alpha value is -2.14. The zero-order valence-corrected chi connectivity index (χ0v) is 13.0. The van der Waals surface area contributed by atoms with Crippen LogP contribution in [0.4, 0.5) is 0 Å². The molecular formula is C16H13BrN2O2. The van der Waals surface area contributed by atoms with Crippen LogP contribution in [0.15, 0.2) is 46.9 Å². The Balaban J connectivity index is 2.38. The molecule has 5 heteroatoms. The smallest absolute Gasteiger partial charge is 0.337 e. The number of aromatic carboxylic acids is 1. The zero-order chi connectivity index (χ0) is 15.0. The fourth-order valence-corrected chi connectivity index (χ4v) is 2.72. The highest BCUT2D eigenvalue weighted by molar-refractivity contribution is 9.10. The van der Waals surface area contributed by atoms with E-state index >= 15 is 0 Å². The molecule has 0 bridgehead atoms. The molecule has 1 N–H and O–H groups in total. The summed E-state index contributed by atoms with van der Waals surface area (Å²) in [5.41, 5.74) is 2.52. The summed E-state index contributed by atoms with van der Waals surface area (Å²) in [5.74, 6) is -0.0949. The number of para-hydroxylation sites is 1. The molecule has 0 unspecified atom stereocenters. The Morgan fingerprint density at radius 1 is 1.24 bits per heavy atom. The van der Waals surface area contributed by atoms with Gasteiger partial charge in [0.25, 0.3) is 0 Å². The summed E-state index contributed by atoms with van der Waals surface area (Å²) in [6.07, 6.45) is 0.726. The number of rotatable bonds is 3. The molecule has 1 heterocycles. The van der Waals surface area contributed by atoms with E-state index in [-0.39, 0.29) is 5.56 Å². The Morgan fingerprint density at radius 2 is 1.95 bits per heavy atom. The second kappa shape index (κ2) is 5.33. The standard InChI is InChI=1S/C16H13BrN2O2/c1-2-14-18-13-5-3-4-12(16(20)21)15(13)19(14)11-8-6-10(17)7-9-11/h3-9H,2H2,1H3,(H,20,21). The number of aromatic nitrogens is 2. The van der Waals surface area contributed by atoms with Crippen molar-refractivity contribution in [3.8, 4) is 5.69 Å². The van der Waals surface area contributed by atoms with E-state index in [2.05, 4.69) is 20.9 Å². The van der Waals surface area contributed by atoms with E-state index in [1.807, 2.05) is 41.8 Å². The Kier molecular flexibility index (Phi) is 3.51. The molecule has 0 spiro atoms. The first-order chi connectivity index (χ1) is 10.1. The lowest BCUT2D eigenvalue weighted by atomic mass is 10.1. The lowest BCUT2D eigenvalue weighted by Gasteiger charge is -2.10. The first-order valence-corrected chi connectivity index (χ1v) is 7.40. The summed E-state index contributed by atoms with van der Waals surface area (Å²) in [6.45, 7) is 2.01. The minimum Gasteiger partial charge on any atom is -0.478 e. The number of carbonyl (C=O) groups is 1. The Labute approximate surface area is 130 Å². The molecule has 4 nitrogen and oxygen atoms in total. The maximum absolute atomic E-state index is 11.5. The predicted molar refractivity (Wildman–Crippen MR) is 85.1 cm³/mol. The van der Waals surface area contributed by atoms with Gasteiger partial charge in [0.2, 0.25) is 0 Å². The van der Waals surface area contributed by atoms with Crippen LogP contribution in [0.2, 0.25) is 0 Å². The number of hydrogen-bond donors (Lipinski definition) is 1. The van der Waals surface area contributed by atoms with Crippen molar-refractivity contribution in [2.75, 3.05) is 0 Å². The van der Waals surface area contributed by atoms with E-state index in [1.165, 1.54) is 0 Å². The molecule has 0 atom stereocenters. The molecule has 106 valence electrons. The van der Waals surface area contributed by atoms with E-state index < -0.39 is 5.97 Å². The number of nitrogens with zero attached hydrogens (tertiary/aromatic N) is 2. The summed E-state index contributed by atoms with van der Waals surface area (Å²) in [7, 11) is 0. The molecule has 0 aliphatic carbocycles. The van der Waals surface area contributed by atoms with Crippen molar-refractivity contribution in [2.45, 2.75) is 13.3 Å². The van der Waals surface area contributed by atoms with Crippen molar-refractivity contribution in [2.24, 2.45) is 0 Å². The van der Waals surface area contributed by atoms with Crippen molar-refractivity contribution in [1.82, 2.24) is 9.55 Å². The molecule has 0 radical (unpaired) electrons. The van der Waals surface area contributed by atoms with Gasteiger partial charge in [0, 0.05) is 16.6 Å². The van der Waals surface area contributed by atoms with Crippen LogP contribution in [0.25, 0.3) is 16.7 Å². The quantitative estimate of drug-likeness (QED) is 0.779. The van der Waals surface area contributed by atoms with Crippen LogP contribution < -0.4 is 0 Å². The van der Waals surface area contributed by atoms with Gasteiger partial charge in [-0.15, -0.1) is 0 Å². The van der Waals surface area contributed by atoms with Crippen LogP contribution in [0, 0.1) is 0 Å². The SMILES string of the molecule is CCc1nc2cccc(C(=O)O)c2n1-c1ccc(Br)cc1. The summed E-state index contributed by atoms with van der Waals surface area (Å²) < 4.78 is 2.90. The normalized spacial score (nSPS) is 11.0. The summed E-state index contributed by atoms with van der Waals surface area (Å²) in [6, 6.07) is 12.9. The third kappa shape index (κ3) is 2.34. The van der Waals surface area contributed by atoms with Gasteiger partial charge in [0.15, 0.2) is 0 Å². The highest BCUT2D eigenvalue weighted by Crippen LogP contribution is 2.26. The summed E-state index contributed by atoms with van der Waals surface area (Å²) in [5, 5.41) is 9.43. The third-order valence-corrected chi connectivity index (χ3v) is 3.91. The molecule has 1 aromatic heterocycles. The number of hydrogen-bond acceptors (Lipinski definition) is 2. The van der Waals surface area contributed by atoms with Gasteiger partial charge in [0.1, 0.15) is 5.82 Å². The number of halogens is 1.